The first-order chi connectivity index (χ1) is 10.3. The Bertz CT molecular complexity index is 793. The number of aromatic nitrogens is 2. The average Bonchev–Trinajstić information content (AvgIpc) is 2.56. The van der Waals surface area contributed by atoms with Crippen LogP contribution in [0.25, 0.3) is 16.9 Å². The Hall–Kier alpha value is -2.88. The second-order valence-electron chi connectivity index (χ2n) is 4.54. The van der Waals surface area contributed by atoms with Gasteiger partial charge in [0.25, 0.3) is 5.56 Å². The monoisotopic (exact) mass is 278 g/mol. The number of benzene rings is 1. The molecule has 2 heterocycles. The summed E-state index contributed by atoms with van der Waals surface area (Å²) in [5.74, 6) is 0.757. The van der Waals surface area contributed by atoms with Crippen LogP contribution in [-0.2, 0) is 0 Å². The van der Waals surface area contributed by atoms with Crippen molar-refractivity contribution in [3.63, 3.8) is 0 Å². The predicted octanol–water partition coefficient (Wildman–Crippen LogP) is 2.91. The lowest BCUT2D eigenvalue weighted by molar-refractivity contribution is 0.414. The molecule has 0 aliphatic rings. The van der Waals surface area contributed by atoms with E-state index in [2.05, 4.69) is 4.98 Å². The summed E-state index contributed by atoms with van der Waals surface area (Å²) in [5.41, 5.74) is 2.43. The Morgan fingerprint density at radius 1 is 1.00 bits per heavy atom. The molecule has 3 aromatic rings. The molecule has 4 nitrogen and oxygen atoms in total. The van der Waals surface area contributed by atoms with E-state index < -0.39 is 0 Å². The van der Waals surface area contributed by atoms with Crippen LogP contribution in [0.2, 0.25) is 0 Å². The van der Waals surface area contributed by atoms with Gasteiger partial charge in [-0.1, -0.05) is 6.07 Å². The Kier molecular flexibility index (Phi) is 3.51. The maximum absolute atomic E-state index is 12.1. The first-order valence-electron chi connectivity index (χ1n) is 6.56. The number of rotatable bonds is 3. The lowest BCUT2D eigenvalue weighted by Crippen LogP contribution is -2.16. The second-order valence-corrected chi connectivity index (χ2v) is 4.54. The molecule has 0 atom stereocenters. The summed E-state index contributed by atoms with van der Waals surface area (Å²) in [5, 5.41) is 0. The minimum atomic E-state index is -0.0835. The van der Waals surface area contributed by atoms with E-state index in [-0.39, 0.29) is 5.56 Å². The van der Waals surface area contributed by atoms with Crippen LogP contribution < -0.4 is 10.3 Å². The van der Waals surface area contributed by atoms with E-state index in [1.54, 1.807) is 36.2 Å². The fraction of sp³-hybridized carbons (Fsp3) is 0.0588. The van der Waals surface area contributed by atoms with E-state index in [4.69, 9.17) is 4.74 Å². The van der Waals surface area contributed by atoms with Gasteiger partial charge in [0.2, 0.25) is 0 Å². The van der Waals surface area contributed by atoms with Gasteiger partial charge in [0.05, 0.1) is 12.8 Å². The molecule has 0 aliphatic carbocycles. The number of hydrogen-bond donors (Lipinski definition) is 0. The molecule has 0 saturated heterocycles. The Morgan fingerprint density at radius 2 is 1.81 bits per heavy atom. The third-order valence-electron chi connectivity index (χ3n) is 3.22. The van der Waals surface area contributed by atoms with Gasteiger partial charge in [-0.3, -0.25) is 14.3 Å². The molecule has 3 rings (SSSR count). The molecule has 0 saturated carbocycles. The van der Waals surface area contributed by atoms with Crippen molar-refractivity contribution in [2.24, 2.45) is 0 Å². The van der Waals surface area contributed by atoms with Crippen molar-refractivity contribution in [3.8, 4) is 22.7 Å². The summed E-state index contributed by atoms with van der Waals surface area (Å²) in [6, 6.07) is 16.4. The lowest BCUT2D eigenvalue weighted by Gasteiger charge is -2.09. The van der Waals surface area contributed by atoms with Gasteiger partial charge in [-0.05, 0) is 42.5 Å². The molecule has 4 heteroatoms. The highest BCUT2D eigenvalue weighted by Gasteiger charge is 2.04. The van der Waals surface area contributed by atoms with Crippen LogP contribution in [0, 0.1) is 0 Å². The lowest BCUT2D eigenvalue weighted by atomic mass is 10.2. The van der Waals surface area contributed by atoms with E-state index in [0.29, 0.717) is 0 Å². The van der Waals surface area contributed by atoms with Crippen molar-refractivity contribution in [1.82, 2.24) is 9.55 Å². The summed E-state index contributed by atoms with van der Waals surface area (Å²) in [7, 11) is 1.61. The van der Waals surface area contributed by atoms with Crippen molar-refractivity contribution in [2.75, 3.05) is 7.11 Å². The SMILES string of the molecule is COc1ccc(-n2cc(-c3ccccn3)ccc2=O)cc1. The van der Waals surface area contributed by atoms with Gasteiger partial charge in [-0.15, -0.1) is 0 Å². The topological polar surface area (TPSA) is 44.1 Å². The Labute approximate surface area is 122 Å². The van der Waals surface area contributed by atoms with Crippen molar-refractivity contribution >= 4 is 0 Å². The van der Waals surface area contributed by atoms with Crippen molar-refractivity contribution < 1.29 is 4.74 Å². The quantitative estimate of drug-likeness (QED) is 0.740. The number of hydrogen-bond acceptors (Lipinski definition) is 3. The van der Waals surface area contributed by atoms with Crippen LogP contribution in [0.4, 0.5) is 0 Å². The molecule has 21 heavy (non-hydrogen) atoms. The van der Waals surface area contributed by atoms with Gasteiger partial charge in [0, 0.05) is 29.7 Å². The summed E-state index contributed by atoms with van der Waals surface area (Å²) in [6.45, 7) is 0. The second kappa shape index (κ2) is 5.63. The summed E-state index contributed by atoms with van der Waals surface area (Å²) in [6.07, 6.45) is 3.53. The molecule has 104 valence electrons. The molecule has 0 unspecified atom stereocenters. The maximum atomic E-state index is 12.1. The molecule has 2 aromatic heterocycles. The van der Waals surface area contributed by atoms with Crippen molar-refractivity contribution in [1.29, 1.82) is 0 Å². The first-order valence-corrected chi connectivity index (χ1v) is 6.56. The molecule has 0 spiro atoms. The summed E-state index contributed by atoms with van der Waals surface area (Å²) >= 11 is 0. The van der Waals surface area contributed by atoms with Crippen molar-refractivity contribution in [3.05, 3.63) is 77.3 Å². The smallest absolute Gasteiger partial charge is 0.255 e. The molecule has 0 aliphatic heterocycles. The third kappa shape index (κ3) is 2.69. The van der Waals surface area contributed by atoms with Gasteiger partial charge in [-0.25, -0.2) is 0 Å². The third-order valence-corrected chi connectivity index (χ3v) is 3.22. The van der Waals surface area contributed by atoms with E-state index in [1.165, 1.54) is 0 Å². The van der Waals surface area contributed by atoms with Gasteiger partial charge in [0.15, 0.2) is 0 Å². The minimum Gasteiger partial charge on any atom is -0.497 e. The Morgan fingerprint density at radius 3 is 2.48 bits per heavy atom. The maximum Gasteiger partial charge on any atom is 0.255 e. The molecule has 1 aromatic carbocycles. The minimum absolute atomic E-state index is 0.0835. The highest BCUT2D eigenvalue weighted by atomic mass is 16.5. The van der Waals surface area contributed by atoms with E-state index in [0.717, 1.165) is 22.7 Å². The summed E-state index contributed by atoms with van der Waals surface area (Å²) < 4.78 is 6.73. The predicted molar refractivity (Wildman–Crippen MR) is 81.8 cm³/mol. The van der Waals surface area contributed by atoms with Gasteiger partial charge in [0.1, 0.15) is 5.75 Å². The molecule has 0 N–H and O–H groups in total. The van der Waals surface area contributed by atoms with Crippen LogP contribution in [0.1, 0.15) is 0 Å². The normalized spacial score (nSPS) is 10.3. The zero-order valence-corrected chi connectivity index (χ0v) is 11.6. The highest BCUT2D eigenvalue weighted by molar-refractivity contribution is 5.58. The Balaban J connectivity index is 2.07. The van der Waals surface area contributed by atoms with E-state index in [9.17, 15) is 4.79 Å². The van der Waals surface area contributed by atoms with Gasteiger partial charge < -0.3 is 4.74 Å². The summed E-state index contributed by atoms with van der Waals surface area (Å²) in [4.78, 5) is 16.4. The zero-order chi connectivity index (χ0) is 14.7. The van der Waals surface area contributed by atoms with Crippen LogP contribution >= 0.6 is 0 Å². The first kappa shape index (κ1) is 13.1. The molecule has 0 bridgehead atoms. The number of ether oxygens (including phenoxy) is 1. The van der Waals surface area contributed by atoms with E-state index in [1.807, 2.05) is 42.5 Å². The molecule has 0 amide bonds. The number of pyridine rings is 2. The molecule has 0 radical (unpaired) electrons. The largest absolute Gasteiger partial charge is 0.497 e. The molecular formula is C17H14N2O2. The van der Waals surface area contributed by atoms with Gasteiger partial charge >= 0.3 is 0 Å². The van der Waals surface area contributed by atoms with Crippen molar-refractivity contribution in [2.45, 2.75) is 0 Å². The fourth-order valence-electron chi connectivity index (χ4n) is 2.12. The van der Waals surface area contributed by atoms with Crippen LogP contribution in [-0.4, -0.2) is 16.7 Å². The van der Waals surface area contributed by atoms with Gasteiger partial charge in [-0.2, -0.15) is 0 Å². The van der Waals surface area contributed by atoms with Crippen LogP contribution in [0.3, 0.4) is 0 Å². The average molecular weight is 278 g/mol. The molecule has 0 fully saturated rings. The highest BCUT2D eigenvalue weighted by Crippen LogP contribution is 2.18. The van der Waals surface area contributed by atoms with Crippen LogP contribution in [0.15, 0.2) is 71.8 Å². The zero-order valence-electron chi connectivity index (χ0n) is 11.6. The van der Waals surface area contributed by atoms with E-state index >= 15 is 0 Å². The fourth-order valence-corrected chi connectivity index (χ4v) is 2.12. The standard InChI is InChI=1S/C17H14N2O2/c1-21-15-8-6-14(7-9-15)19-12-13(5-10-17(19)20)16-4-2-3-11-18-16/h2-12H,1H3. The molecular weight excluding hydrogens is 264 g/mol. The number of nitrogens with zero attached hydrogens (tertiary/aromatic N) is 2. The number of methoxy groups -OCH3 is 1. The van der Waals surface area contributed by atoms with Crippen LogP contribution in [0.5, 0.6) is 5.75 Å².